The Morgan fingerprint density at radius 3 is 2.60 bits per heavy atom. The fourth-order valence-corrected chi connectivity index (χ4v) is 4.14. The molecule has 112 valence electrons. The Balaban J connectivity index is 2.07. The van der Waals surface area contributed by atoms with Crippen molar-refractivity contribution >= 4 is 10.0 Å². The second-order valence-electron chi connectivity index (χ2n) is 5.73. The summed E-state index contributed by atoms with van der Waals surface area (Å²) in [6.45, 7) is 4.06. The minimum absolute atomic E-state index is 0.0317. The molecule has 1 aromatic rings. The molecule has 5 heteroatoms. The average molecular weight is 297 g/mol. The van der Waals surface area contributed by atoms with Gasteiger partial charge in [0, 0.05) is 6.54 Å². The van der Waals surface area contributed by atoms with Gasteiger partial charge in [0.1, 0.15) is 0 Å². The quantitative estimate of drug-likeness (QED) is 0.894. The lowest BCUT2D eigenvalue weighted by molar-refractivity contribution is 0.0724. The van der Waals surface area contributed by atoms with E-state index in [4.69, 9.17) is 0 Å². The molecule has 0 amide bonds. The third-order valence-electron chi connectivity index (χ3n) is 4.02. The first-order valence-corrected chi connectivity index (χ1v) is 8.63. The molecular weight excluding hydrogens is 274 g/mol. The van der Waals surface area contributed by atoms with Crippen LogP contribution in [0.3, 0.4) is 0 Å². The van der Waals surface area contributed by atoms with E-state index in [1.807, 2.05) is 13.0 Å². The van der Waals surface area contributed by atoms with Crippen LogP contribution >= 0.6 is 0 Å². The zero-order chi connectivity index (χ0) is 14.8. The van der Waals surface area contributed by atoms with Crippen LogP contribution in [0, 0.1) is 19.8 Å². The van der Waals surface area contributed by atoms with Crippen molar-refractivity contribution in [2.75, 3.05) is 6.54 Å². The summed E-state index contributed by atoms with van der Waals surface area (Å²) in [7, 11) is -3.49. The van der Waals surface area contributed by atoms with Crippen molar-refractivity contribution in [3.05, 3.63) is 29.3 Å². The van der Waals surface area contributed by atoms with Gasteiger partial charge < -0.3 is 5.11 Å². The van der Waals surface area contributed by atoms with Crippen LogP contribution in [0.1, 0.15) is 36.8 Å². The highest BCUT2D eigenvalue weighted by Gasteiger charge is 2.25. The minimum Gasteiger partial charge on any atom is -0.393 e. The van der Waals surface area contributed by atoms with Gasteiger partial charge >= 0.3 is 0 Å². The monoisotopic (exact) mass is 297 g/mol. The van der Waals surface area contributed by atoms with Crippen molar-refractivity contribution in [3.8, 4) is 0 Å². The van der Waals surface area contributed by atoms with Gasteiger partial charge in [-0.1, -0.05) is 30.5 Å². The van der Waals surface area contributed by atoms with Gasteiger partial charge in [0.25, 0.3) is 0 Å². The first-order valence-electron chi connectivity index (χ1n) is 7.15. The summed E-state index contributed by atoms with van der Waals surface area (Å²) in [6, 6.07) is 5.31. The molecule has 0 aromatic heterocycles. The second-order valence-corrected chi connectivity index (χ2v) is 7.47. The Labute approximate surface area is 121 Å². The lowest BCUT2D eigenvalue weighted by atomic mass is 9.87. The van der Waals surface area contributed by atoms with Crippen LogP contribution in [0.2, 0.25) is 0 Å². The predicted molar refractivity (Wildman–Crippen MR) is 79.1 cm³/mol. The Morgan fingerprint density at radius 2 is 1.95 bits per heavy atom. The lowest BCUT2D eigenvalue weighted by Crippen LogP contribution is -2.36. The van der Waals surface area contributed by atoms with E-state index in [1.165, 1.54) is 0 Å². The second kappa shape index (κ2) is 6.24. The number of hydrogen-bond acceptors (Lipinski definition) is 3. The summed E-state index contributed by atoms with van der Waals surface area (Å²) in [4.78, 5) is 0.327. The third kappa shape index (κ3) is 3.59. The van der Waals surface area contributed by atoms with E-state index in [2.05, 4.69) is 4.72 Å². The fourth-order valence-electron chi connectivity index (χ4n) is 2.82. The first kappa shape index (κ1) is 15.5. The summed E-state index contributed by atoms with van der Waals surface area (Å²) in [5.74, 6) is 0.0317. The van der Waals surface area contributed by atoms with Crippen LogP contribution in [-0.4, -0.2) is 26.2 Å². The number of aliphatic hydroxyl groups is 1. The topological polar surface area (TPSA) is 66.4 Å². The van der Waals surface area contributed by atoms with Crippen LogP contribution in [0.15, 0.2) is 23.1 Å². The molecule has 1 aromatic carbocycles. The number of nitrogens with one attached hydrogen (secondary N) is 1. The molecule has 4 nitrogen and oxygen atoms in total. The zero-order valence-corrected chi connectivity index (χ0v) is 12.9. The van der Waals surface area contributed by atoms with Gasteiger partial charge in [-0.15, -0.1) is 0 Å². The van der Waals surface area contributed by atoms with E-state index in [-0.39, 0.29) is 12.0 Å². The fraction of sp³-hybridized carbons (Fsp3) is 0.600. The highest BCUT2D eigenvalue weighted by atomic mass is 32.2. The molecular formula is C15H23NO3S. The van der Waals surface area contributed by atoms with Gasteiger partial charge in [-0.25, -0.2) is 13.1 Å². The minimum atomic E-state index is -3.49. The number of aliphatic hydroxyl groups excluding tert-OH is 1. The molecule has 0 aliphatic heterocycles. The molecule has 0 heterocycles. The maximum atomic E-state index is 12.3. The smallest absolute Gasteiger partial charge is 0.240 e. The maximum absolute atomic E-state index is 12.3. The van der Waals surface area contributed by atoms with Crippen molar-refractivity contribution in [3.63, 3.8) is 0 Å². The Bertz CT molecular complexity index is 568. The maximum Gasteiger partial charge on any atom is 0.240 e. The van der Waals surface area contributed by atoms with Crippen molar-refractivity contribution < 1.29 is 13.5 Å². The van der Waals surface area contributed by atoms with Crippen molar-refractivity contribution in [1.29, 1.82) is 0 Å². The predicted octanol–water partition coefficient (Wildman–Crippen LogP) is 2.13. The highest BCUT2D eigenvalue weighted by molar-refractivity contribution is 7.89. The molecule has 0 spiro atoms. The van der Waals surface area contributed by atoms with E-state index in [0.29, 0.717) is 11.4 Å². The molecule has 1 fully saturated rings. The highest BCUT2D eigenvalue weighted by Crippen LogP contribution is 2.24. The molecule has 0 saturated heterocycles. The van der Waals surface area contributed by atoms with Gasteiger partial charge in [0.15, 0.2) is 0 Å². The largest absolute Gasteiger partial charge is 0.393 e. The zero-order valence-electron chi connectivity index (χ0n) is 12.1. The molecule has 1 aliphatic carbocycles. The van der Waals surface area contributed by atoms with Crippen LogP contribution in [-0.2, 0) is 10.0 Å². The summed E-state index contributed by atoms with van der Waals surface area (Å²) < 4.78 is 27.3. The van der Waals surface area contributed by atoms with Crippen LogP contribution < -0.4 is 4.72 Å². The number of rotatable bonds is 4. The summed E-state index contributed by atoms with van der Waals surface area (Å²) in [6.07, 6.45) is 3.37. The number of sulfonamides is 1. The van der Waals surface area contributed by atoms with Gasteiger partial charge in [0.05, 0.1) is 11.0 Å². The SMILES string of the molecule is Cc1ccc(S(=O)(=O)NCC2CCCCC2O)c(C)c1. The Hall–Kier alpha value is -0.910. The molecule has 0 radical (unpaired) electrons. The van der Waals surface area contributed by atoms with Crippen LogP contribution in [0.4, 0.5) is 0 Å². The van der Waals surface area contributed by atoms with Crippen LogP contribution in [0.25, 0.3) is 0 Å². The van der Waals surface area contributed by atoms with Gasteiger partial charge in [-0.2, -0.15) is 0 Å². The third-order valence-corrected chi connectivity index (χ3v) is 5.61. The summed E-state index contributed by atoms with van der Waals surface area (Å²) >= 11 is 0. The van der Waals surface area contributed by atoms with Crippen molar-refractivity contribution in [2.45, 2.75) is 50.5 Å². The van der Waals surface area contributed by atoms with Crippen molar-refractivity contribution in [2.24, 2.45) is 5.92 Å². The number of aryl methyl sites for hydroxylation is 2. The van der Waals surface area contributed by atoms with E-state index < -0.39 is 10.0 Å². The molecule has 2 unspecified atom stereocenters. The molecule has 2 rings (SSSR count). The van der Waals surface area contributed by atoms with E-state index in [1.54, 1.807) is 19.1 Å². The van der Waals surface area contributed by atoms with E-state index in [9.17, 15) is 13.5 Å². The number of hydrogen-bond donors (Lipinski definition) is 2. The van der Waals surface area contributed by atoms with E-state index >= 15 is 0 Å². The lowest BCUT2D eigenvalue weighted by Gasteiger charge is -2.27. The molecule has 1 aliphatic rings. The summed E-state index contributed by atoms with van der Waals surface area (Å²) in [5, 5.41) is 9.89. The molecule has 20 heavy (non-hydrogen) atoms. The molecule has 2 N–H and O–H groups in total. The van der Waals surface area contributed by atoms with Gasteiger partial charge in [-0.3, -0.25) is 0 Å². The van der Waals surface area contributed by atoms with Gasteiger partial charge in [0.2, 0.25) is 10.0 Å². The number of benzene rings is 1. The molecule has 2 atom stereocenters. The van der Waals surface area contributed by atoms with Crippen molar-refractivity contribution in [1.82, 2.24) is 4.72 Å². The average Bonchev–Trinajstić information content (AvgIpc) is 2.37. The standard InChI is InChI=1S/C15H23NO3S/c1-11-7-8-15(12(2)9-11)20(18,19)16-10-13-5-3-4-6-14(13)17/h7-9,13-14,16-17H,3-6,10H2,1-2H3. The Kier molecular flexibility index (Phi) is 4.83. The normalized spacial score (nSPS) is 23.8. The molecule has 1 saturated carbocycles. The van der Waals surface area contributed by atoms with E-state index in [0.717, 1.165) is 36.8 Å². The van der Waals surface area contributed by atoms with Gasteiger partial charge in [-0.05, 0) is 44.2 Å². The van der Waals surface area contributed by atoms with Crippen LogP contribution in [0.5, 0.6) is 0 Å². The first-order chi connectivity index (χ1) is 9.40. The summed E-state index contributed by atoms with van der Waals surface area (Å²) in [5.41, 5.74) is 1.80. The Morgan fingerprint density at radius 1 is 1.25 bits per heavy atom. The molecule has 0 bridgehead atoms.